The molecule has 5 heteroatoms. The quantitative estimate of drug-likeness (QED) is 0.351. The van der Waals surface area contributed by atoms with Gasteiger partial charge in [0.1, 0.15) is 4.95 Å². The van der Waals surface area contributed by atoms with E-state index in [-0.39, 0.29) is 11.0 Å². The Kier molecular flexibility index (Phi) is 1.62. The second-order valence-corrected chi connectivity index (χ2v) is 2.85. The van der Waals surface area contributed by atoms with Gasteiger partial charge in [-0.2, -0.15) is 0 Å². The average molecular weight is 199 g/mol. The molecule has 0 aromatic rings. The van der Waals surface area contributed by atoms with E-state index in [1.165, 1.54) is 0 Å². The molecule has 0 saturated carbocycles. The van der Waals surface area contributed by atoms with Crippen LogP contribution < -0.4 is 5.32 Å². The highest BCUT2D eigenvalue weighted by Gasteiger charge is 2.26. The number of nitrogens with one attached hydrogen (secondary N) is 1. The van der Waals surface area contributed by atoms with Crippen LogP contribution >= 0.6 is 27.7 Å². The fourth-order valence-electron chi connectivity index (χ4n) is 0.454. The van der Waals surface area contributed by atoms with Crippen LogP contribution in [0.3, 0.4) is 0 Å². The molecule has 8 heavy (non-hydrogen) atoms. The van der Waals surface area contributed by atoms with Gasteiger partial charge in [-0.05, 0) is 0 Å². The number of amides is 2. The Hall–Kier alpha value is 0.0400. The number of urea groups is 1. The van der Waals surface area contributed by atoms with Gasteiger partial charge in [0.15, 0.2) is 0 Å². The van der Waals surface area contributed by atoms with Crippen LogP contribution in [0.5, 0.6) is 0 Å². The number of carbonyl (C=O) groups is 1. The summed E-state index contributed by atoms with van der Waals surface area (Å²) in [7, 11) is 0. The lowest BCUT2D eigenvalue weighted by atomic mass is 10.7. The van der Waals surface area contributed by atoms with Crippen LogP contribution in [-0.4, -0.2) is 21.9 Å². The molecule has 1 heterocycles. The second-order valence-electron chi connectivity index (χ2n) is 1.43. The molecule has 46 valence electrons. The Bertz CT molecular complexity index is 120. The number of nitrogens with zero attached hydrogens (tertiary/aromatic N) is 1. The highest BCUT2D eigenvalue weighted by molar-refractivity contribution is 9.09. The van der Waals surface area contributed by atoms with Crippen LogP contribution in [0.15, 0.2) is 0 Å². The Balaban J connectivity index is 2.56. The molecule has 1 rings (SSSR count). The zero-order valence-electron chi connectivity index (χ0n) is 3.90. The molecule has 1 aliphatic rings. The van der Waals surface area contributed by atoms with E-state index < -0.39 is 0 Å². The monoisotopic (exact) mass is 198 g/mol. The highest BCUT2D eigenvalue weighted by Crippen LogP contribution is 2.14. The lowest BCUT2D eigenvalue weighted by Crippen LogP contribution is -2.20. The van der Waals surface area contributed by atoms with Crippen molar-refractivity contribution < 1.29 is 4.79 Å². The Morgan fingerprint density at radius 1 is 2.00 bits per heavy atom. The van der Waals surface area contributed by atoms with Crippen LogP contribution in [0.1, 0.15) is 0 Å². The van der Waals surface area contributed by atoms with Crippen molar-refractivity contribution in [1.82, 2.24) is 9.74 Å². The summed E-state index contributed by atoms with van der Waals surface area (Å²) in [6.07, 6.45) is 0. The standard InChI is InChI=1S/C3H4BrClN2O/c4-2-1-6-3(8)7(2)5/h2H,1H2,(H,6,8). The van der Waals surface area contributed by atoms with Crippen molar-refractivity contribution in [3.05, 3.63) is 0 Å². The summed E-state index contributed by atoms with van der Waals surface area (Å²) in [5.41, 5.74) is 0. The van der Waals surface area contributed by atoms with Gasteiger partial charge in [0.25, 0.3) is 0 Å². The van der Waals surface area contributed by atoms with Gasteiger partial charge >= 0.3 is 6.03 Å². The third kappa shape index (κ3) is 0.902. The number of halogens is 2. The first-order valence-electron chi connectivity index (χ1n) is 2.08. The van der Waals surface area contributed by atoms with E-state index in [0.29, 0.717) is 6.54 Å². The minimum Gasteiger partial charge on any atom is -0.334 e. The molecule has 0 radical (unpaired) electrons. The molecule has 3 nitrogen and oxygen atoms in total. The van der Waals surface area contributed by atoms with Crippen LogP contribution in [0.25, 0.3) is 0 Å². The summed E-state index contributed by atoms with van der Waals surface area (Å²) < 4.78 is 1.08. The van der Waals surface area contributed by atoms with Crippen molar-refractivity contribution in [1.29, 1.82) is 0 Å². The number of alkyl halides is 1. The first-order chi connectivity index (χ1) is 3.72. The van der Waals surface area contributed by atoms with Crippen molar-refractivity contribution in [3.63, 3.8) is 0 Å². The molecule has 0 aromatic heterocycles. The number of carbonyl (C=O) groups excluding carboxylic acids is 1. The Morgan fingerprint density at radius 3 is 2.75 bits per heavy atom. The van der Waals surface area contributed by atoms with Gasteiger partial charge in [-0.3, -0.25) is 0 Å². The molecule has 1 atom stereocenters. The van der Waals surface area contributed by atoms with E-state index in [0.717, 1.165) is 4.42 Å². The molecular formula is C3H4BrClN2O. The van der Waals surface area contributed by atoms with Gasteiger partial charge in [0, 0.05) is 11.8 Å². The molecule has 0 aliphatic carbocycles. The lowest BCUT2D eigenvalue weighted by Gasteiger charge is -2.04. The summed E-state index contributed by atoms with van der Waals surface area (Å²) in [5.74, 6) is 0. The third-order valence-corrected chi connectivity index (χ3v) is 2.22. The van der Waals surface area contributed by atoms with E-state index in [2.05, 4.69) is 21.2 Å². The minimum absolute atomic E-state index is 0.0586. The van der Waals surface area contributed by atoms with Gasteiger partial charge in [-0.1, -0.05) is 15.9 Å². The topological polar surface area (TPSA) is 32.3 Å². The Morgan fingerprint density at radius 2 is 2.62 bits per heavy atom. The molecule has 1 saturated heterocycles. The van der Waals surface area contributed by atoms with Gasteiger partial charge in [-0.15, -0.1) is 0 Å². The second kappa shape index (κ2) is 2.11. The first kappa shape index (κ1) is 6.16. The maximum absolute atomic E-state index is 10.4. The molecular weight excluding hydrogens is 195 g/mol. The van der Waals surface area contributed by atoms with E-state index in [1.54, 1.807) is 0 Å². The molecule has 1 aliphatic heterocycles. The highest BCUT2D eigenvalue weighted by atomic mass is 79.9. The average Bonchev–Trinajstić information content (AvgIpc) is 1.98. The maximum Gasteiger partial charge on any atom is 0.333 e. The van der Waals surface area contributed by atoms with Crippen LogP contribution in [-0.2, 0) is 0 Å². The summed E-state index contributed by atoms with van der Waals surface area (Å²) in [6, 6.07) is -0.242. The van der Waals surface area contributed by atoms with Crippen LogP contribution in [0, 0.1) is 0 Å². The minimum atomic E-state index is -0.242. The number of hydrogen-bond acceptors (Lipinski definition) is 1. The molecule has 1 N–H and O–H groups in total. The largest absolute Gasteiger partial charge is 0.334 e. The summed E-state index contributed by atoms with van der Waals surface area (Å²) >= 11 is 8.54. The van der Waals surface area contributed by atoms with Crippen LogP contribution in [0.4, 0.5) is 4.79 Å². The zero-order chi connectivity index (χ0) is 6.15. The van der Waals surface area contributed by atoms with Crippen molar-refractivity contribution in [2.45, 2.75) is 4.95 Å². The molecule has 1 fully saturated rings. The normalized spacial score (nSPS) is 28.5. The van der Waals surface area contributed by atoms with Gasteiger partial charge in [0.2, 0.25) is 0 Å². The van der Waals surface area contributed by atoms with Gasteiger partial charge in [-0.25, -0.2) is 9.21 Å². The lowest BCUT2D eigenvalue weighted by molar-refractivity contribution is 0.236. The summed E-state index contributed by atoms with van der Waals surface area (Å²) in [6.45, 7) is 0.572. The van der Waals surface area contributed by atoms with Crippen LogP contribution in [0.2, 0.25) is 0 Å². The zero-order valence-corrected chi connectivity index (χ0v) is 6.24. The molecule has 0 bridgehead atoms. The van der Waals surface area contributed by atoms with Crippen molar-refractivity contribution >= 4 is 33.7 Å². The SMILES string of the molecule is O=C1NCC(Br)N1Cl. The Labute approximate surface area is 60.2 Å². The van der Waals surface area contributed by atoms with E-state index in [4.69, 9.17) is 11.8 Å². The first-order valence-corrected chi connectivity index (χ1v) is 3.34. The molecule has 0 aromatic carbocycles. The van der Waals surface area contributed by atoms with E-state index in [9.17, 15) is 4.79 Å². The van der Waals surface area contributed by atoms with Crippen molar-refractivity contribution in [2.24, 2.45) is 0 Å². The fraction of sp³-hybridized carbons (Fsp3) is 0.667. The summed E-state index contributed by atoms with van der Waals surface area (Å²) in [5, 5.41) is 2.53. The molecule has 2 amide bonds. The third-order valence-electron chi connectivity index (χ3n) is 0.862. The van der Waals surface area contributed by atoms with Gasteiger partial charge < -0.3 is 5.32 Å². The maximum atomic E-state index is 10.4. The van der Waals surface area contributed by atoms with E-state index >= 15 is 0 Å². The number of rotatable bonds is 0. The van der Waals surface area contributed by atoms with E-state index in [1.807, 2.05) is 0 Å². The molecule has 0 spiro atoms. The predicted octanol–water partition coefficient (Wildman–Crippen LogP) is 0.886. The summed E-state index contributed by atoms with van der Waals surface area (Å²) in [4.78, 5) is 10.4. The van der Waals surface area contributed by atoms with Gasteiger partial charge in [0.05, 0.1) is 6.54 Å². The van der Waals surface area contributed by atoms with Crippen molar-refractivity contribution in [3.8, 4) is 0 Å². The molecule has 1 unspecified atom stereocenters. The number of hydrogen-bond donors (Lipinski definition) is 1. The predicted molar refractivity (Wildman–Crippen MR) is 33.8 cm³/mol. The fourth-order valence-corrected chi connectivity index (χ4v) is 0.931. The smallest absolute Gasteiger partial charge is 0.333 e. The van der Waals surface area contributed by atoms with Crippen molar-refractivity contribution in [2.75, 3.05) is 6.54 Å².